The molecule has 2 rings (SSSR count). The van der Waals surface area contributed by atoms with E-state index in [1.165, 1.54) is 0 Å². The number of carbonyl (C=O) groups is 1. The molecule has 1 N–H and O–H groups in total. The molecule has 1 amide bonds. The molecule has 22 heavy (non-hydrogen) atoms. The molecular weight excluding hydrogens is 291 g/mol. The smallest absolute Gasteiger partial charge is 0.282 e. The van der Waals surface area contributed by atoms with Gasteiger partial charge in [-0.15, -0.1) is 0 Å². The van der Waals surface area contributed by atoms with Crippen molar-refractivity contribution in [2.24, 2.45) is 0 Å². The summed E-state index contributed by atoms with van der Waals surface area (Å²) in [5.74, 6) is -0.0694. The van der Waals surface area contributed by atoms with Crippen molar-refractivity contribution in [3.8, 4) is 0 Å². The molecule has 0 saturated heterocycles. The van der Waals surface area contributed by atoms with Gasteiger partial charge in [0.25, 0.3) is 11.6 Å². The van der Waals surface area contributed by atoms with Crippen molar-refractivity contribution in [3.05, 3.63) is 62.8 Å². The van der Waals surface area contributed by atoms with Crippen LogP contribution in [0.4, 0.5) is 10.1 Å². The standard InChI is InChI=1S/C15H15FN2O4/c1-8-6-12(10(3)22-8)9(2)17-15(19)13-7-11(16)4-5-14(13)18(20)21/h4-7,9H,1-3H3,(H,17,19). The average Bonchev–Trinajstić information content (AvgIpc) is 2.77. The van der Waals surface area contributed by atoms with Crippen LogP contribution < -0.4 is 5.32 Å². The third kappa shape index (κ3) is 3.13. The molecule has 0 saturated carbocycles. The molecule has 1 aromatic heterocycles. The number of hydrogen-bond donors (Lipinski definition) is 1. The Hall–Kier alpha value is -2.70. The zero-order valence-electron chi connectivity index (χ0n) is 12.3. The van der Waals surface area contributed by atoms with Gasteiger partial charge in [-0.25, -0.2) is 4.39 Å². The van der Waals surface area contributed by atoms with Crippen LogP contribution in [0.5, 0.6) is 0 Å². The van der Waals surface area contributed by atoms with Crippen molar-refractivity contribution in [1.29, 1.82) is 0 Å². The van der Waals surface area contributed by atoms with Crippen LogP contribution in [0.25, 0.3) is 0 Å². The molecule has 7 heteroatoms. The van der Waals surface area contributed by atoms with Gasteiger partial charge in [-0.1, -0.05) is 0 Å². The van der Waals surface area contributed by atoms with Gasteiger partial charge in [0.2, 0.25) is 0 Å². The molecule has 0 radical (unpaired) electrons. The summed E-state index contributed by atoms with van der Waals surface area (Å²) >= 11 is 0. The van der Waals surface area contributed by atoms with Gasteiger partial charge in [-0.05, 0) is 39.0 Å². The minimum absolute atomic E-state index is 0.310. The van der Waals surface area contributed by atoms with Gasteiger partial charge in [0.05, 0.1) is 11.0 Å². The number of nitro groups is 1. The molecule has 116 valence electrons. The molecule has 6 nitrogen and oxygen atoms in total. The second-order valence-corrected chi connectivity index (χ2v) is 4.98. The Morgan fingerprint density at radius 1 is 1.36 bits per heavy atom. The number of nitro benzene ring substituents is 1. The maximum atomic E-state index is 13.3. The maximum absolute atomic E-state index is 13.3. The molecule has 0 spiro atoms. The van der Waals surface area contributed by atoms with E-state index in [0.29, 0.717) is 11.5 Å². The van der Waals surface area contributed by atoms with Gasteiger partial charge in [0.1, 0.15) is 22.9 Å². The van der Waals surface area contributed by atoms with Crippen molar-refractivity contribution < 1.29 is 18.5 Å². The van der Waals surface area contributed by atoms with E-state index in [0.717, 1.165) is 23.8 Å². The van der Waals surface area contributed by atoms with Crippen LogP contribution in [-0.2, 0) is 0 Å². The highest BCUT2D eigenvalue weighted by Crippen LogP contribution is 2.24. The van der Waals surface area contributed by atoms with Crippen molar-refractivity contribution in [3.63, 3.8) is 0 Å². The van der Waals surface area contributed by atoms with Gasteiger partial charge >= 0.3 is 0 Å². The normalized spacial score (nSPS) is 12.0. The zero-order chi connectivity index (χ0) is 16.4. The summed E-state index contributed by atoms with van der Waals surface area (Å²) in [7, 11) is 0. The lowest BCUT2D eigenvalue weighted by Gasteiger charge is -2.13. The van der Waals surface area contributed by atoms with E-state index in [-0.39, 0.29) is 5.56 Å². The van der Waals surface area contributed by atoms with Crippen LogP contribution >= 0.6 is 0 Å². The largest absolute Gasteiger partial charge is 0.466 e. The Kier molecular flexibility index (Phi) is 4.25. The Bertz CT molecular complexity index is 739. The topological polar surface area (TPSA) is 85.4 Å². The van der Waals surface area contributed by atoms with Crippen molar-refractivity contribution in [2.45, 2.75) is 26.8 Å². The number of carbonyl (C=O) groups excluding carboxylic acids is 1. The lowest BCUT2D eigenvalue weighted by molar-refractivity contribution is -0.385. The second-order valence-electron chi connectivity index (χ2n) is 4.98. The van der Waals surface area contributed by atoms with Crippen LogP contribution in [0, 0.1) is 29.8 Å². The minimum Gasteiger partial charge on any atom is -0.466 e. The van der Waals surface area contributed by atoms with E-state index >= 15 is 0 Å². The van der Waals surface area contributed by atoms with Crippen LogP contribution in [0.15, 0.2) is 28.7 Å². The van der Waals surface area contributed by atoms with Crippen LogP contribution in [0.3, 0.4) is 0 Å². The second kappa shape index (κ2) is 5.97. The molecule has 0 fully saturated rings. The fourth-order valence-electron chi connectivity index (χ4n) is 2.28. The zero-order valence-corrected chi connectivity index (χ0v) is 12.3. The molecule has 1 unspecified atom stereocenters. The number of nitrogens with one attached hydrogen (secondary N) is 1. The molecule has 1 atom stereocenters. The molecule has 0 bridgehead atoms. The number of hydrogen-bond acceptors (Lipinski definition) is 4. The van der Waals surface area contributed by atoms with E-state index in [2.05, 4.69) is 5.32 Å². The number of halogens is 1. The van der Waals surface area contributed by atoms with Gasteiger partial charge in [-0.2, -0.15) is 0 Å². The highest BCUT2D eigenvalue weighted by Gasteiger charge is 2.23. The SMILES string of the molecule is Cc1cc(C(C)NC(=O)c2cc(F)ccc2[N+](=O)[O-])c(C)o1. The summed E-state index contributed by atoms with van der Waals surface area (Å²) in [5.41, 5.74) is 0.0193. The van der Waals surface area contributed by atoms with E-state index in [1.54, 1.807) is 26.8 Å². The predicted octanol–water partition coefficient (Wildman–Crippen LogP) is 3.43. The van der Waals surface area contributed by atoms with E-state index < -0.39 is 28.4 Å². The summed E-state index contributed by atoms with van der Waals surface area (Å²) in [6.45, 7) is 5.26. The number of rotatable bonds is 4. The Morgan fingerprint density at radius 3 is 2.59 bits per heavy atom. The van der Waals surface area contributed by atoms with Crippen LogP contribution in [-0.4, -0.2) is 10.8 Å². The van der Waals surface area contributed by atoms with Gasteiger partial charge in [0, 0.05) is 11.6 Å². The molecule has 1 heterocycles. The number of aryl methyl sites for hydroxylation is 2. The van der Waals surface area contributed by atoms with E-state index in [9.17, 15) is 19.3 Å². The first-order valence-corrected chi connectivity index (χ1v) is 6.61. The highest BCUT2D eigenvalue weighted by molar-refractivity contribution is 5.98. The van der Waals surface area contributed by atoms with Crippen LogP contribution in [0.1, 0.15) is 40.4 Å². The first kappa shape index (κ1) is 15.7. The minimum atomic E-state index is -0.716. The molecule has 1 aromatic carbocycles. The fourth-order valence-corrected chi connectivity index (χ4v) is 2.28. The number of nitrogens with zero attached hydrogens (tertiary/aromatic N) is 1. The first-order chi connectivity index (χ1) is 10.3. The molecule has 0 aliphatic carbocycles. The van der Waals surface area contributed by atoms with Crippen molar-refractivity contribution >= 4 is 11.6 Å². The fraction of sp³-hybridized carbons (Fsp3) is 0.267. The Balaban J connectivity index is 2.27. The summed E-state index contributed by atoms with van der Waals surface area (Å²) in [4.78, 5) is 22.4. The summed E-state index contributed by atoms with van der Waals surface area (Å²) in [5, 5.41) is 13.6. The van der Waals surface area contributed by atoms with Gasteiger partial charge < -0.3 is 9.73 Å². The molecule has 2 aromatic rings. The highest BCUT2D eigenvalue weighted by atomic mass is 19.1. The maximum Gasteiger partial charge on any atom is 0.282 e. The predicted molar refractivity (Wildman–Crippen MR) is 77.1 cm³/mol. The number of furan rings is 1. The molecule has 0 aliphatic heterocycles. The lowest BCUT2D eigenvalue weighted by Crippen LogP contribution is -2.27. The Morgan fingerprint density at radius 2 is 2.05 bits per heavy atom. The molecule has 0 aliphatic rings. The van der Waals surface area contributed by atoms with Gasteiger partial charge in [-0.3, -0.25) is 14.9 Å². The third-order valence-electron chi connectivity index (χ3n) is 3.29. The lowest BCUT2D eigenvalue weighted by atomic mass is 10.1. The number of benzene rings is 1. The number of amides is 1. The average molecular weight is 306 g/mol. The van der Waals surface area contributed by atoms with Crippen molar-refractivity contribution in [1.82, 2.24) is 5.32 Å². The molecular formula is C15H15FN2O4. The Labute approximate surface area is 126 Å². The monoisotopic (exact) mass is 306 g/mol. The van der Waals surface area contributed by atoms with E-state index in [1.807, 2.05) is 0 Å². The first-order valence-electron chi connectivity index (χ1n) is 6.61. The van der Waals surface area contributed by atoms with Crippen LogP contribution in [0.2, 0.25) is 0 Å². The van der Waals surface area contributed by atoms with Gasteiger partial charge in [0.15, 0.2) is 0 Å². The summed E-state index contributed by atoms with van der Waals surface area (Å²) < 4.78 is 18.7. The van der Waals surface area contributed by atoms with Crippen molar-refractivity contribution in [2.75, 3.05) is 0 Å². The van der Waals surface area contributed by atoms with E-state index in [4.69, 9.17) is 4.42 Å². The summed E-state index contributed by atoms with van der Waals surface area (Å²) in [6.07, 6.45) is 0. The summed E-state index contributed by atoms with van der Waals surface area (Å²) in [6, 6.07) is 4.13. The third-order valence-corrected chi connectivity index (χ3v) is 3.29. The quantitative estimate of drug-likeness (QED) is 0.692.